The number of rotatable bonds is 18. The molecule has 0 radical (unpaired) electrons. The van der Waals surface area contributed by atoms with Crippen LogP contribution in [0.4, 0.5) is 4.79 Å². The van der Waals surface area contributed by atoms with E-state index >= 15 is 0 Å². The van der Waals surface area contributed by atoms with Crippen molar-refractivity contribution >= 4 is 39.6 Å². The molecule has 1 aliphatic heterocycles. The average Bonchev–Trinajstić information content (AvgIpc) is 3.48. The molecule has 6 atom stereocenters. The Bertz CT molecular complexity index is 1660. The number of benzene rings is 1. The number of likely N-dealkylation sites (N-methyl/N-ethyl adjacent to an activating group) is 1. The smallest absolute Gasteiger partial charge is 0.315 e. The Morgan fingerprint density at radius 1 is 1.02 bits per heavy atom. The van der Waals surface area contributed by atoms with Gasteiger partial charge in [-0.2, -0.15) is 0 Å². The lowest BCUT2D eigenvalue weighted by molar-refractivity contribution is -0.144. The van der Waals surface area contributed by atoms with Gasteiger partial charge in [0.05, 0.1) is 11.8 Å². The van der Waals surface area contributed by atoms with E-state index in [2.05, 4.69) is 41.7 Å². The molecule has 54 heavy (non-hydrogen) atoms. The standard InChI is InChI=1S/C40H62N6O7S/c1-10-14-19-29(34(47)36(49)41-20-11-2)42-35(48)33-31-28(40(31,8)9)23-46(33)37(50)32(27-21-25-17-15-16-18-26(25)22-27)44-38(51)43-30(39(5,6)7)24-45(12-3)54(52,53)13-4/h11,15-18,27-33H,2,10,12-14,19-24H2,1,3-9H3,(H,41,49)(H,42,48)(H2,43,44,51)/t28-,29?,30+,31-,32-,33-/m0/s1. The van der Waals surface area contributed by atoms with Gasteiger partial charge in [-0.05, 0) is 65.9 Å². The largest absolute Gasteiger partial charge is 0.346 e. The van der Waals surface area contributed by atoms with Gasteiger partial charge in [-0.3, -0.25) is 19.2 Å². The van der Waals surface area contributed by atoms with Crippen LogP contribution in [0.15, 0.2) is 36.9 Å². The minimum atomic E-state index is -3.53. The molecule has 4 N–H and O–H groups in total. The number of Topliss-reactive ketones (excluding diaryl/α,β-unsaturated/α-hetero) is 1. The zero-order valence-electron chi connectivity index (χ0n) is 33.4. The van der Waals surface area contributed by atoms with E-state index in [-0.39, 0.29) is 60.9 Å². The first kappa shape index (κ1) is 43.0. The molecule has 0 spiro atoms. The van der Waals surface area contributed by atoms with Crippen LogP contribution in [0.25, 0.3) is 0 Å². The summed E-state index contributed by atoms with van der Waals surface area (Å²) in [4.78, 5) is 70.6. The minimum absolute atomic E-state index is 0.0407. The third-order valence-corrected chi connectivity index (χ3v) is 13.7. The number of piperidine rings is 1. The topological polar surface area (TPSA) is 174 Å². The molecule has 0 aromatic heterocycles. The molecule has 1 heterocycles. The normalized spacial score (nSPS) is 22.0. The van der Waals surface area contributed by atoms with Gasteiger partial charge in [0.1, 0.15) is 12.1 Å². The van der Waals surface area contributed by atoms with Crippen LogP contribution in [0.3, 0.4) is 0 Å². The Hall–Kier alpha value is -3.78. The summed E-state index contributed by atoms with van der Waals surface area (Å²) in [6, 6.07) is 3.77. The number of urea groups is 1. The lowest BCUT2D eigenvalue weighted by Crippen LogP contribution is -2.62. The Kier molecular flexibility index (Phi) is 13.8. The molecule has 300 valence electrons. The van der Waals surface area contributed by atoms with Gasteiger partial charge in [-0.15, -0.1) is 6.58 Å². The summed E-state index contributed by atoms with van der Waals surface area (Å²) in [5.74, 6) is -2.93. The molecule has 3 aliphatic rings. The van der Waals surface area contributed by atoms with E-state index in [0.29, 0.717) is 25.8 Å². The van der Waals surface area contributed by atoms with E-state index in [0.717, 1.165) is 17.5 Å². The molecule has 4 rings (SSSR count). The van der Waals surface area contributed by atoms with E-state index in [9.17, 15) is 32.4 Å². The number of amides is 5. The fourth-order valence-corrected chi connectivity index (χ4v) is 9.38. The monoisotopic (exact) mass is 770 g/mol. The first-order chi connectivity index (χ1) is 25.3. The van der Waals surface area contributed by atoms with Crippen molar-refractivity contribution in [2.24, 2.45) is 28.6 Å². The third kappa shape index (κ3) is 9.53. The predicted octanol–water partition coefficient (Wildman–Crippen LogP) is 3.18. The quantitative estimate of drug-likeness (QED) is 0.131. The van der Waals surface area contributed by atoms with Crippen LogP contribution in [0.1, 0.15) is 85.8 Å². The molecule has 1 aromatic rings. The highest BCUT2D eigenvalue weighted by Crippen LogP contribution is 2.65. The number of sulfonamides is 1. The van der Waals surface area contributed by atoms with E-state index in [1.807, 2.05) is 52.0 Å². The Balaban J connectivity index is 1.63. The SMILES string of the molecule is C=CCNC(=O)C(=O)C(CCCC)NC(=O)[C@@H]1[C@@H]2[C@H](CN1C(=O)[C@@H](NC(=O)N[C@H](CN(CC)S(=O)(=O)CC)C(C)(C)C)C1Cc3ccccc3C1)C2(C)C. The Morgan fingerprint density at radius 3 is 2.19 bits per heavy atom. The maximum absolute atomic E-state index is 14.9. The molecule has 0 bridgehead atoms. The first-order valence-electron chi connectivity index (χ1n) is 19.5. The molecule has 1 saturated carbocycles. The maximum atomic E-state index is 14.9. The third-order valence-electron chi connectivity index (χ3n) is 11.8. The van der Waals surface area contributed by atoms with Crippen molar-refractivity contribution in [3.8, 4) is 0 Å². The number of hydrogen-bond acceptors (Lipinski definition) is 7. The van der Waals surface area contributed by atoms with E-state index in [1.165, 1.54) is 10.4 Å². The van der Waals surface area contributed by atoms with Gasteiger partial charge in [-0.1, -0.05) is 91.6 Å². The first-order valence-corrected chi connectivity index (χ1v) is 21.1. The van der Waals surface area contributed by atoms with Gasteiger partial charge in [0.2, 0.25) is 27.6 Å². The number of ketones is 1. The van der Waals surface area contributed by atoms with E-state index < -0.39 is 63.2 Å². The minimum Gasteiger partial charge on any atom is -0.346 e. The number of hydrogen-bond donors (Lipinski definition) is 4. The van der Waals surface area contributed by atoms with Crippen molar-refractivity contribution < 1.29 is 32.4 Å². The number of unbranched alkanes of at least 4 members (excludes halogenated alkanes) is 1. The summed E-state index contributed by atoms with van der Waals surface area (Å²) in [5.41, 5.74) is 1.42. The molecule has 2 aliphatic carbocycles. The van der Waals surface area contributed by atoms with Crippen molar-refractivity contribution in [2.45, 2.75) is 112 Å². The number of likely N-dealkylation sites (tertiary alicyclic amines) is 1. The summed E-state index contributed by atoms with van der Waals surface area (Å²) in [6.45, 7) is 19.5. The van der Waals surface area contributed by atoms with Crippen LogP contribution < -0.4 is 21.3 Å². The summed E-state index contributed by atoms with van der Waals surface area (Å²) in [5, 5.41) is 11.4. The summed E-state index contributed by atoms with van der Waals surface area (Å²) < 4.78 is 27.0. The van der Waals surface area contributed by atoms with Crippen molar-refractivity contribution in [1.29, 1.82) is 0 Å². The molecule has 5 amide bonds. The molecule has 2 fully saturated rings. The van der Waals surface area contributed by atoms with Crippen LogP contribution in [0.5, 0.6) is 0 Å². The van der Waals surface area contributed by atoms with Crippen molar-refractivity contribution in [3.05, 3.63) is 48.0 Å². The molecular weight excluding hydrogens is 709 g/mol. The van der Waals surface area contributed by atoms with Gasteiger partial charge in [0.15, 0.2) is 0 Å². The van der Waals surface area contributed by atoms with Gasteiger partial charge < -0.3 is 26.2 Å². The van der Waals surface area contributed by atoms with Gasteiger partial charge in [-0.25, -0.2) is 17.5 Å². The van der Waals surface area contributed by atoms with Gasteiger partial charge in [0.25, 0.3) is 5.91 Å². The lowest BCUT2D eigenvalue weighted by atomic mass is 9.86. The number of carbonyl (C=O) groups excluding carboxylic acids is 5. The Morgan fingerprint density at radius 2 is 1.65 bits per heavy atom. The van der Waals surface area contributed by atoms with Gasteiger partial charge in [0, 0.05) is 32.2 Å². The maximum Gasteiger partial charge on any atom is 0.315 e. The second kappa shape index (κ2) is 17.3. The fraction of sp³-hybridized carbons (Fsp3) is 0.675. The highest BCUT2D eigenvalue weighted by atomic mass is 32.2. The van der Waals surface area contributed by atoms with Crippen LogP contribution in [0, 0.1) is 28.6 Å². The molecular formula is C40H62N6O7S. The second-order valence-electron chi connectivity index (χ2n) is 16.8. The molecule has 1 aromatic carbocycles. The molecule has 1 saturated heterocycles. The number of carbonyl (C=O) groups is 5. The van der Waals surface area contributed by atoms with Crippen LogP contribution in [0.2, 0.25) is 0 Å². The van der Waals surface area contributed by atoms with E-state index in [4.69, 9.17) is 0 Å². The number of nitrogens with one attached hydrogen (secondary N) is 4. The van der Waals surface area contributed by atoms with Crippen molar-refractivity contribution in [3.63, 3.8) is 0 Å². The summed E-state index contributed by atoms with van der Waals surface area (Å²) >= 11 is 0. The zero-order chi connectivity index (χ0) is 40.2. The second-order valence-corrected chi connectivity index (χ2v) is 19.0. The molecule has 13 nitrogen and oxygen atoms in total. The van der Waals surface area contributed by atoms with Gasteiger partial charge >= 0.3 is 6.03 Å². The van der Waals surface area contributed by atoms with Crippen molar-refractivity contribution in [2.75, 3.05) is 31.9 Å². The summed E-state index contributed by atoms with van der Waals surface area (Å²) in [6.07, 6.45) is 4.19. The summed E-state index contributed by atoms with van der Waals surface area (Å²) in [7, 11) is -3.53. The zero-order valence-corrected chi connectivity index (χ0v) is 34.2. The molecule has 1 unspecified atom stereocenters. The highest BCUT2D eigenvalue weighted by molar-refractivity contribution is 7.89. The van der Waals surface area contributed by atoms with E-state index in [1.54, 1.807) is 18.7 Å². The van der Waals surface area contributed by atoms with Crippen LogP contribution in [-0.2, 0) is 42.0 Å². The molecule has 14 heteroatoms. The lowest BCUT2D eigenvalue weighted by Gasteiger charge is -2.37. The highest BCUT2D eigenvalue weighted by Gasteiger charge is 2.70. The van der Waals surface area contributed by atoms with Crippen LogP contribution in [-0.4, -0.2) is 103 Å². The average molecular weight is 771 g/mol. The Labute approximate surface area is 321 Å². The number of fused-ring (bicyclic) bond motifs is 2. The number of nitrogens with zero attached hydrogens (tertiary/aromatic N) is 2. The fourth-order valence-electron chi connectivity index (χ4n) is 8.25. The predicted molar refractivity (Wildman–Crippen MR) is 209 cm³/mol. The van der Waals surface area contributed by atoms with Crippen LogP contribution >= 0.6 is 0 Å². The van der Waals surface area contributed by atoms with Crippen molar-refractivity contribution in [1.82, 2.24) is 30.5 Å².